The summed E-state index contributed by atoms with van der Waals surface area (Å²) in [7, 11) is 1.08. The average Bonchev–Trinajstić information content (AvgIpc) is 2.61. The molecule has 3 rings (SSSR count). The first-order chi connectivity index (χ1) is 12.2. The number of piperazine rings is 1. The second-order valence-electron chi connectivity index (χ2n) is 6.16. The lowest BCUT2D eigenvalue weighted by Gasteiger charge is -2.51. The molecule has 26 heavy (non-hydrogen) atoms. The van der Waals surface area contributed by atoms with Crippen molar-refractivity contribution in [3.8, 4) is 0 Å². The van der Waals surface area contributed by atoms with Crippen molar-refractivity contribution in [3.05, 3.63) is 29.8 Å². The average molecular weight is 373 g/mol. The highest BCUT2D eigenvalue weighted by Gasteiger charge is 2.68. The number of methoxy groups -OCH3 is 1. The molecule has 0 spiro atoms. The van der Waals surface area contributed by atoms with Gasteiger partial charge in [-0.3, -0.25) is 14.9 Å². The molecule has 1 aromatic carbocycles. The van der Waals surface area contributed by atoms with Crippen LogP contribution in [-0.4, -0.2) is 61.9 Å². The van der Waals surface area contributed by atoms with Crippen molar-refractivity contribution in [2.24, 2.45) is 0 Å². The fourth-order valence-electron chi connectivity index (χ4n) is 3.41. The van der Waals surface area contributed by atoms with E-state index in [4.69, 9.17) is 10.5 Å². The monoisotopic (exact) mass is 373 g/mol. The van der Waals surface area contributed by atoms with E-state index in [1.54, 1.807) is 0 Å². The molecule has 0 radical (unpaired) electrons. The van der Waals surface area contributed by atoms with Gasteiger partial charge in [0.25, 0.3) is 5.91 Å². The molecule has 142 valence electrons. The van der Waals surface area contributed by atoms with Crippen molar-refractivity contribution < 1.29 is 32.2 Å². The molecule has 2 saturated heterocycles. The number of carbonyl (C=O) groups excluding carboxylic acids is 2. The van der Waals surface area contributed by atoms with E-state index in [0.717, 1.165) is 24.1 Å². The molecule has 1 aromatic rings. The van der Waals surface area contributed by atoms with E-state index in [1.807, 2.05) is 0 Å². The van der Waals surface area contributed by atoms with E-state index in [-0.39, 0.29) is 31.0 Å². The van der Waals surface area contributed by atoms with Crippen LogP contribution in [0, 0.1) is 0 Å². The number of alkyl halides is 3. The van der Waals surface area contributed by atoms with Crippen molar-refractivity contribution >= 4 is 17.6 Å². The topological polar surface area (TPSA) is 93.9 Å². The highest BCUT2D eigenvalue weighted by atomic mass is 19.4. The Kier molecular flexibility index (Phi) is 4.57. The summed E-state index contributed by atoms with van der Waals surface area (Å²) in [4.78, 5) is 26.2. The highest BCUT2D eigenvalue weighted by Crippen LogP contribution is 2.44. The molecule has 2 aliphatic rings. The maximum atomic E-state index is 14.2. The Balaban J connectivity index is 2.17. The van der Waals surface area contributed by atoms with Gasteiger partial charge in [0.2, 0.25) is 5.54 Å². The zero-order valence-electron chi connectivity index (χ0n) is 13.9. The Morgan fingerprint density at radius 1 is 1.38 bits per heavy atom. The Labute approximate surface area is 147 Å². The van der Waals surface area contributed by atoms with E-state index in [1.165, 1.54) is 12.1 Å². The molecule has 10 heteroatoms. The Morgan fingerprint density at radius 2 is 2.04 bits per heavy atom. The van der Waals surface area contributed by atoms with Crippen LogP contribution < -0.4 is 11.1 Å². The number of amides is 1. The Morgan fingerprint density at radius 3 is 2.62 bits per heavy atom. The fourth-order valence-corrected chi connectivity index (χ4v) is 3.41. The molecule has 1 unspecified atom stereocenters. The molecule has 3 atom stereocenters. The van der Waals surface area contributed by atoms with E-state index < -0.39 is 35.7 Å². The number of fused-ring (bicyclic) bond motifs is 1. The van der Waals surface area contributed by atoms with E-state index in [9.17, 15) is 22.8 Å². The molecular formula is C16H18F3N3O4. The third-order valence-corrected chi connectivity index (χ3v) is 4.73. The quantitative estimate of drug-likeness (QED) is 0.576. The lowest BCUT2D eigenvalue weighted by Crippen LogP contribution is -2.78. The summed E-state index contributed by atoms with van der Waals surface area (Å²) >= 11 is 0. The molecule has 0 saturated carbocycles. The van der Waals surface area contributed by atoms with Crippen molar-refractivity contribution in [2.75, 3.05) is 32.6 Å². The number of benzene rings is 1. The standard InChI is InChI=1S/C16H18F3N3O4/c1-25-13(23)12-11-8-26-7-6-22(11)14(24)15(21-12,16(17,18)19)9-2-4-10(20)5-3-9/h2-5,11-12,21H,6-8,20H2,1H3/t11-,12-,15?/m1/s1. The zero-order valence-corrected chi connectivity index (χ0v) is 13.9. The van der Waals surface area contributed by atoms with Gasteiger partial charge in [-0.1, -0.05) is 12.1 Å². The van der Waals surface area contributed by atoms with Crippen LogP contribution in [0.25, 0.3) is 0 Å². The maximum Gasteiger partial charge on any atom is 0.419 e. The van der Waals surface area contributed by atoms with E-state index in [2.05, 4.69) is 10.1 Å². The summed E-state index contributed by atoms with van der Waals surface area (Å²) in [6, 6.07) is 2.53. The van der Waals surface area contributed by atoms with Crippen LogP contribution in [0.1, 0.15) is 5.56 Å². The number of rotatable bonds is 2. The minimum Gasteiger partial charge on any atom is -0.468 e. The van der Waals surface area contributed by atoms with Crippen molar-refractivity contribution in [3.63, 3.8) is 0 Å². The van der Waals surface area contributed by atoms with Crippen LogP contribution in [0.5, 0.6) is 0 Å². The highest BCUT2D eigenvalue weighted by molar-refractivity contribution is 5.93. The lowest BCUT2D eigenvalue weighted by molar-refractivity contribution is -0.227. The molecule has 0 aliphatic carbocycles. The van der Waals surface area contributed by atoms with Gasteiger partial charge in [0.1, 0.15) is 6.04 Å². The van der Waals surface area contributed by atoms with E-state index >= 15 is 0 Å². The number of nitrogen functional groups attached to an aromatic ring is 1. The number of anilines is 1. The van der Waals surface area contributed by atoms with Crippen molar-refractivity contribution in [1.29, 1.82) is 0 Å². The Bertz CT molecular complexity index is 710. The number of ether oxygens (including phenoxy) is 2. The third kappa shape index (κ3) is 2.69. The normalized spacial score (nSPS) is 29.2. The van der Waals surface area contributed by atoms with Gasteiger partial charge in [-0.05, 0) is 17.7 Å². The maximum absolute atomic E-state index is 14.2. The molecule has 0 bridgehead atoms. The Hall–Kier alpha value is -2.33. The van der Waals surface area contributed by atoms with Gasteiger partial charge < -0.3 is 20.1 Å². The summed E-state index contributed by atoms with van der Waals surface area (Å²) in [5.41, 5.74) is 2.39. The van der Waals surface area contributed by atoms with Gasteiger partial charge >= 0.3 is 12.1 Å². The summed E-state index contributed by atoms with van der Waals surface area (Å²) < 4.78 is 52.5. The summed E-state index contributed by atoms with van der Waals surface area (Å²) in [6.45, 7) is -0.0224. The number of hydrogen-bond acceptors (Lipinski definition) is 6. The molecule has 3 N–H and O–H groups in total. The van der Waals surface area contributed by atoms with Crippen LogP contribution in [-0.2, 0) is 24.6 Å². The number of halogens is 3. The van der Waals surface area contributed by atoms with Crippen LogP contribution in [0.3, 0.4) is 0 Å². The number of nitrogens with two attached hydrogens (primary N) is 1. The van der Waals surface area contributed by atoms with Crippen LogP contribution in [0.15, 0.2) is 24.3 Å². The molecule has 2 heterocycles. The van der Waals surface area contributed by atoms with Gasteiger partial charge in [0.05, 0.1) is 26.4 Å². The minimum atomic E-state index is -5.00. The largest absolute Gasteiger partial charge is 0.468 e. The second-order valence-corrected chi connectivity index (χ2v) is 6.16. The summed E-state index contributed by atoms with van der Waals surface area (Å²) in [5, 5.41) is 2.23. The number of morpholine rings is 1. The smallest absolute Gasteiger partial charge is 0.419 e. The summed E-state index contributed by atoms with van der Waals surface area (Å²) in [5.74, 6) is -2.08. The predicted molar refractivity (Wildman–Crippen MR) is 83.8 cm³/mol. The third-order valence-electron chi connectivity index (χ3n) is 4.73. The number of carbonyl (C=O) groups is 2. The first-order valence-corrected chi connectivity index (χ1v) is 7.89. The molecule has 2 fully saturated rings. The van der Waals surface area contributed by atoms with Crippen LogP contribution >= 0.6 is 0 Å². The predicted octanol–water partition coefficient (Wildman–Crippen LogP) is 0.399. The summed E-state index contributed by atoms with van der Waals surface area (Å²) in [6.07, 6.45) is -5.00. The van der Waals surface area contributed by atoms with Crippen LogP contribution in [0.2, 0.25) is 0 Å². The number of esters is 1. The van der Waals surface area contributed by atoms with Gasteiger partial charge in [-0.15, -0.1) is 0 Å². The first-order valence-electron chi connectivity index (χ1n) is 7.89. The van der Waals surface area contributed by atoms with Gasteiger partial charge in [0, 0.05) is 12.2 Å². The van der Waals surface area contributed by atoms with Crippen molar-refractivity contribution in [1.82, 2.24) is 10.2 Å². The van der Waals surface area contributed by atoms with Gasteiger partial charge in [-0.25, -0.2) is 0 Å². The van der Waals surface area contributed by atoms with Crippen LogP contribution in [0.4, 0.5) is 18.9 Å². The van der Waals surface area contributed by atoms with E-state index in [0.29, 0.717) is 0 Å². The fraction of sp³-hybridized carbons (Fsp3) is 0.500. The number of nitrogens with one attached hydrogen (secondary N) is 1. The SMILES string of the molecule is COC(=O)[C@@H]1NC(c2ccc(N)cc2)(C(F)(F)F)C(=O)N2CCOC[C@H]12. The zero-order chi connectivity index (χ0) is 19.1. The second kappa shape index (κ2) is 6.44. The lowest BCUT2D eigenvalue weighted by atomic mass is 9.81. The van der Waals surface area contributed by atoms with Gasteiger partial charge in [-0.2, -0.15) is 13.2 Å². The van der Waals surface area contributed by atoms with Crippen molar-refractivity contribution in [2.45, 2.75) is 23.8 Å². The number of hydrogen-bond donors (Lipinski definition) is 2. The van der Waals surface area contributed by atoms with Gasteiger partial charge in [0.15, 0.2) is 0 Å². The molecule has 0 aromatic heterocycles. The number of nitrogens with zero attached hydrogens (tertiary/aromatic N) is 1. The minimum absolute atomic E-state index is 0.0501. The molecular weight excluding hydrogens is 355 g/mol. The molecule has 2 aliphatic heterocycles. The molecule has 1 amide bonds. The first kappa shape index (κ1) is 18.5. The molecule has 7 nitrogen and oxygen atoms in total.